The van der Waals surface area contributed by atoms with Gasteiger partial charge >= 0.3 is 0 Å². The first-order chi connectivity index (χ1) is 8.56. The molecule has 0 saturated heterocycles. The lowest BCUT2D eigenvalue weighted by Gasteiger charge is -2.18. The molecule has 1 aromatic heterocycles. The lowest BCUT2D eigenvalue weighted by Crippen LogP contribution is -2.38. The topological polar surface area (TPSA) is 66.4 Å². The molecule has 2 N–H and O–H groups in total. The van der Waals surface area contributed by atoms with Crippen LogP contribution >= 0.6 is 23.1 Å². The third-order valence-electron chi connectivity index (χ3n) is 3.14. The molecule has 0 aromatic carbocycles. The van der Waals surface area contributed by atoms with Crippen LogP contribution in [-0.2, 0) is 16.6 Å². The van der Waals surface area contributed by atoms with Crippen LogP contribution in [0.1, 0.15) is 24.8 Å². The maximum absolute atomic E-state index is 12.2. The molecule has 1 fully saturated rings. The third-order valence-corrected chi connectivity index (χ3v) is 7.29. The smallest absolute Gasteiger partial charge is 0.250 e. The number of hydrogen-bond acceptors (Lipinski definition) is 5. The number of sulfonamides is 1. The SMILES string of the molecule is CSC1CCCC1NS(=O)(=O)c1cc(CO)cs1. The Morgan fingerprint density at radius 2 is 2.33 bits per heavy atom. The molecule has 0 aliphatic heterocycles. The van der Waals surface area contributed by atoms with E-state index in [9.17, 15) is 8.42 Å². The Hall–Kier alpha value is -0.0800. The van der Waals surface area contributed by atoms with Crippen molar-refractivity contribution in [2.45, 2.75) is 41.4 Å². The summed E-state index contributed by atoms with van der Waals surface area (Å²) in [6.07, 6.45) is 5.07. The summed E-state index contributed by atoms with van der Waals surface area (Å²) >= 11 is 2.88. The molecule has 4 nitrogen and oxygen atoms in total. The van der Waals surface area contributed by atoms with Gasteiger partial charge in [-0.3, -0.25) is 0 Å². The second-order valence-electron chi connectivity index (χ2n) is 4.36. The summed E-state index contributed by atoms with van der Waals surface area (Å²) in [5.74, 6) is 0. The minimum absolute atomic E-state index is 0.0321. The van der Waals surface area contributed by atoms with Crippen LogP contribution < -0.4 is 4.72 Å². The Labute approximate surface area is 116 Å². The molecule has 0 radical (unpaired) electrons. The van der Waals surface area contributed by atoms with E-state index in [0.29, 0.717) is 15.0 Å². The van der Waals surface area contributed by atoms with Gasteiger partial charge in [0.05, 0.1) is 6.61 Å². The summed E-state index contributed by atoms with van der Waals surface area (Å²) in [5, 5.41) is 11.0. The van der Waals surface area contributed by atoms with Crippen LogP contribution in [0.5, 0.6) is 0 Å². The maximum atomic E-state index is 12.2. The number of nitrogens with one attached hydrogen (secondary N) is 1. The molecule has 0 amide bonds. The van der Waals surface area contributed by atoms with Gasteiger partial charge in [-0.1, -0.05) is 6.42 Å². The molecule has 1 aliphatic rings. The Morgan fingerprint density at radius 1 is 1.56 bits per heavy atom. The van der Waals surface area contributed by atoms with Crippen LogP contribution in [0.15, 0.2) is 15.7 Å². The molecule has 1 aromatic rings. The van der Waals surface area contributed by atoms with Crippen molar-refractivity contribution in [3.63, 3.8) is 0 Å². The molecule has 1 saturated carbocycles. The molecule has 2 unspecified atom stereocenters. The molecule has 2 atom stereocenters. The highest BCUT2D eigenvalue weighted by Gasteiger charge is 2.31. The lowest BCUT2D eigenvalue weighted by atomic mass is 10.3. The predicted molar refractivity (Wildman–Crippen MR) is 75.5 cm³/mol. The van der Waals surface area contributed by atoms with Crippen molar-refractivity contribution in [1.29, 1.82) is 0 Å². The summed E-state index contributed by atoms with van der Waals surface area (Å²) in [4.78, 5) is 0. The van der Waals surface area contributed by atoms with Gasteiger partial charge in [0.15, 0.2) is 0 Å². The third kappa shape index (κ3) is 3.08. The van der Waals surface area contributed by atoms with E-state index in [2.05, 4.69) is 4.72 Å². The second-order valence-corrected chi connectivity index (χ2v) is 8.29. The van der Waals surface area contributed by atoms with Crippen molar-refractivity contribution >= 4 is 33.1 Å². The van der Waals surface area contributed by atoms with Crippen molar-refractivity contribution in [1.82, 2.24) is 4.72 Å². The number of aliphatic hydroxyl groups excluding tert-OH is 1. The van der Waals surface area contributed by atoms with Gasteiger partial charge in [-0.05, 0) is 36.1 Å². The van der Waals surface area contributed by atoms with Crippen LogP contribution in [0.4, 0.5) is 0 Å². The van der Waals surface area contributed by atoms with E-state index < -0.39 is 10.0 Å². The minimum atomic E-state index is -3.43. The number of aliphatic hydroxyl groups is 1. The maximum Gasteiger partial charge on any atom is 0.250 e. The summed E-state index contributed by atoms with van der Waals surface area (Å²) in [5.41, 5.74) is 0.646. The summed E-state index contributed by atoms with van der Waals surface area (Å²) in [6.45, 7) is -0.122. The van der Waals surface area contributed by atoms with Crippen LogP contribution in [0.3, 0.4) is 0 Å². The Kier molecular flexibility index (Phi) is 4.71. The molecule has 2 rings (SSSR count). The fourth-order valence-electron chi connectivity index (χ4n) is 2.18. The summed E-state index contributed by atoms with van der Waals surface area (Å²) in [6, 6.07) is 1.57. The number of thioether (sulfide) groups is 1. The van der Waals surface area contributed by atoms with Crippen LogP contribution in [-0.4, -0.2) is 31.1 Å². The largest absolute Gasteiger partial charge is 0.392 e. The first-order valence-corrected chi connectivity index (χ1v) is 9.45. The van der Waals surface area contributed by atoms with E-state index in [4.69, 9.17) is 5.11 Å². The van der Waals surface area contributed by atoms with E-state index >= 15 is 0 Å². The van der Waals surface area contributed by atoms with Crippen molar-refractivity contribution in [2.24, 2.45) is 0 Å². The quantitative estimate of drug-likeness (QED) is 0.870. The van der Waals surface area contributed by atoms with Crippen LogP contribution in [0.25, 0.3) is 0 Å². The summed E-state index contributed by atoms with van der Waals surface area (Å²) < 4.78 is 27.5. The highest BCUT2D eigenvalue weighted by molar-refractivity contribution is 7.99. The van der Waals surface area contributed by atoms with Crippen molar-refractivity contribution in [3.8, 4) is 0 Å². The fourth-order valence-corrected chi connectivity index (χ4v) is 5.73. The number of hydrogen-bond donors (Lipinski definition) is 2. The van der Waals surface area contributed by atoms with Crippen LogP contribution in [0.2, 0.25) is 0 Å². The molecule has 7 heteroatoms. The lowest BCUT2D eigenvalue weighted by molar-refractivity contribution is 0.282. The van der Waals surface area contributed by atoms with Gasteiger partial charge in [-0.15, -0.1) is 11.3 Å². The van der Waals surface area contributed by atoms with Crippen molar-refractivity contribution in [3.05, 3.63) is 17.0 Å². The minimum Gasteiger partial charge on any atom is -0.392 e. The van der Waals surface area contributed by atoms with E-state index in [1.54, 1.807) is 17.1 Å². The molecular weight excluding hydrogens is 290 g/mol. The van der Waals surface area contributed by atoms with Gasteiger partial charge in [-0.2, -0.15) is 11.8 Å². The van der Waals surface area contributed by atoms with Gasteiger partial charge in [0.1, 0.15) is 4.21 Å². The van der Waals surface area contributed by atoms with E-state index in [0.717, 1.165) is 30.6 Å². The first kappa shape index (κ1) is 14.3. The normalized spacial score (nSPS) is 24.6. The Bertz CT molecular complexity index is 497. The zero-order valence-electron chi connectivity index (χ0n) is 10.1. The molecule has 102 valence electrons. The first-order valence-electron chi connectivity index (χ1n) is 5.80. The zero-order chi connectivity index (χ0) is 13.2. The van der Waals surface area contributed by atoms with Gasteiger partial charge in [0, 0.05) is 11.3 Å². The monoisotopic (exact) mass is 307 g/mol. The van der Waals surface area contributed by atoms with Crippen molar-refractivity contribution in [2.75, 3.05) is 6.26 Å². The summed E-state index contributed by atoms with van der Waals surface area (Å²) in [7, 11) is -3.43. The molecule has 0 spiro atoms. The molecule has 18 heavy (non-hydrogen) atoms. The predicted octanol–water partition coefficient (Wildman–Crippen LogP) is 1.80. The molecule has 0 bridgehead atoms. The fraction of sp³-hybridized carbons (Fsp3) is 0.636. The second kappa shape index (κ2) is 5.92. The van der Waals surface area contributed by atoms with Gasteiger partial charge in [-0.25, -0.2) is 13.1 Å². The van der Waals surface area contributed by atoms with E-state index in [1.165, 1.54) is 6.07 Å². The van der Waals surface area contributed by atoms with Gasteiger partial charge in [0.25, 0.3) is 0 Å². The molecule has 1 heterocycles. The van der Waals surface area contributed by atoms with Gasteiger partial charge < -0.3 is 5.11 Å². The highest BCUT2D eigenvalue weighted by Crippen LogP contribution is 2.30. The van der Waals surface area contributed by atoms with Gasteiger partial charge in [0.2, 0.25) is 10.0 Å². The van der Waals surface area contributed by atoms with E-state index in [1.807, 2.05) is 6.26 Å². The average molecular weight is 307 g/mol. The number of rotatable bonds is 5. The standard InChI is InChI=1S/C11H17NO3S3/c1-16-10-4-2-3-9(10)12-18(14,15)11-5-8(6-13)7-17-11/h5,7,9-10,12-13H,2-4,6H2,1H3. The zero-order valence-corrected chi connectivity index (χ0v) is 12.6. The average Bonchev–Trinajstić information content (AvgIpc) is 2.96. The van der Waals surface area contributed by atoms with Crippen LogP contribution in [0, 0.1) is 0 Å². The number of thiophene rings is 1. The molecular formula is C11H17NO3S3. The molecule has 1 aliphatic carbocycles. The van der Waals surface area contributed by atoms with E-state index in [-0.39, 0.29) is 12.6 Å². The Balaban J connectivity index is 2.11. The van der Waals surface area contributed by atoms with Crippen molar-refractivity contribution < 1.29 is 13.5 Å². The Morgan fingerprint density at radius 3 is 2.94 bits per heavy atom. The highest BCUT2D eigenvalue weighted by atomic mass is 32.2.